The van der Waals surface area contributed by atoms with Crippen molar-refractivity contribution in [2.45, 2.75) is 65.1 Å². The predicted octanol–water partition coefficient (Wildman–Crippen LogP) is 4.79. The van der Waals surface area contributed by atoms with Gasteiger partial charge >= 0.3 is 0 Å². The van der Waals surface area contributed by atoms with E-state index < -0.39 is 23.0 Å². The van der Waals surface area contributed by atoms with E-state index in [0.717, 1.165) is 0 Å². The van der Waals surface area contributed by atoms with Crippen LogP contribution in [0.5, 0.6) is 0 Å². The van der Waals surface area contributed by atoms with Crippen molar-refractivity contribution < 1.29 is 19.4 Å². The van der Waals surface area contributed by atoms with Crippen molar-refractivity contribution in [3.8, 4) is 0 Å². The zero-order valence-corrected chi connectivity index (χ0v) is 17.6. The van der Waals surface area contributed by atoms with Crippen LogP contribution in [0, 0.1) is 16.7 Å². The Labute approximate surface area is 170 Å². The third kappa shape index (κ3) is 2.93. The second-order valence-corrected chi connectivity index (χ2v) is 10.4. The highest BCUT2D eigenvalue weighted by molar-refractivity contribution is 6.31. The van der Waals surface area contributed by atoms with Gasteiger partial charge in [-0.2, -0.15) is 0 Å². The maximum absolute atomic E-state index is 13.4. The monoisotopic (exact) mass is 402 g/mol. The van der Waals surface area contributed by atoms with Crippen LogP contribution in [0.1, 0.15) is 64.9 Å². The standard InChI is InChI=1S/C23H27ClO4/c1-21(2)11-15(25)19-17(13-7-5-6-8-14(13)24)18-16(28-23(19,27)12-21)9-10-22(3,4)20(18)26/h5-8,17,19,27H,9-12H2,1-4H3. The molecule has 0 saturated heterocycles. The quantitative estimate of drug-likeness (QED) is 0.733. The molecule has 4 nitrogen and oxygen atoms in total. The molecule has 4 rings (SSSR count). The molecule has 5 heteroatoms. The number of Topliss-reactive ketones (excluding diaryl/α,β-unsaturated/α-hetero) is 2. The Morgan fingerprint density at radius 1 is 1.14 bits per heavy atom. The van der Waals surface area contributed by atoms with Gasteiger partial charge in [0, 0.05) is 41.2 Å². The molecule has 0 bridgehead atoms. The molecule has 28 heavy (non-hydrogen) atoms. The average molecular weight is 403 g/mol. The van der Waals surface area contributed by atoms with E-state index in [0.29, 0.717) is 47.6 Å². The summed E-state index contributed by atoms with van der Waals surface area (Å²) in [5.41, 5.74) is 0.326. The van der Waals surface area contributed by atoms with Gasteiger partial charge in [0.05, 0.1) is 5.92 Å². The van der Waals surface area contributed by atoms with Gasteiger partial charge in [-0.05, 0) is 23.5 Å². The average Bonchev–Trinajstić information content (AvgIpc) is 2.56. The third-order valence-electron chi connectivity index (χ3n) is 6.54. The summed E-state index contributed by atoms with van der Waals surface area (Å²) in [4.78, 5) is 26.7. The molecule has 1 N–H and O–H groups in total. The molecule has 3 atom stereocenters. The van der Waals surface area contributed by atoms with Gasteiger partial charge in [0.2, 0.25) is 5.79 Å². The minimum absolute atomic E-state index is 0.0154. The van der Waals surface area contributed by atoms with Crippen molar-refractivity contribution in [2.24, 2.45) is 16.7 Å². The normalized spacial score (nSPS) is 33.8. The first-order valence-electron chi connectivity index (χ1n) is 9.92. The van der Waals surface area contributed by atoms with E-state index in [4.69, 9.17) is 16.3 Å². The molecule has 0 spiro atoms. The van der Waals surface area contributed by atoms with E-state index in [2.05, 4.69) is 0 Å². The molecule has 0 aromatic heterocycles. The highest BCUT2D eigenvalue weighted by Gasteiger charge is 2.61. The van der Waals surface area contributed by atoms with E-state index in [1.807, 2.05) is 45.9 Å². The van der Waals surface area contributed by atoms with Crippen molar-refractivity contribution in [1.82, 2.24) is 0 Å². The fraction of sp³-hybridized carbons (Fsp3) is 0.565. The zero-order chi connectivity index (χ0) is 20.5. The second kappa shape index (κ2) is 6.17. The first-order valence-corrected chi connectivity index (χ1v) is 10.3. The summed E-state index contributed by atoms with van der Waals surface area (Å²) >= 11 is 6.52. The Bertz CT molecular complexity index is 898. The molecular weight excluding hydrogens is 376 g/mol. The van der Waals surface area contributed by atoms with Gasteiger partial charge in [-0.15, -0.1) is 0 Å². The number of fused-ring (bicyclic) bond motifs is 1. The highest BCUT2D eigenvalue weighted by Crippen LogP contribution is 2.58. The Morgan fingerprint density at radius 2 is 1.82 bits per heavy atom. The SMILES string of the molecule is CC1(C)CC(=O)C2C(c3ccccc3Cl)C3=C(CCC(C)(C)C3=O)OC2(O)C1. The van der Waals surface area contributed by atoms with Crippen LogP contribution in [0.15, 0.2) is 35.6 Å². The van der Waals surface area contributed by atoms with Gasteiger partial charge in [-0.1, -0.05) is 57.5 Å². The van der Waals surface area contributed by atoms with Crippen molar-refractivity contribution in [3.63, 3.8) is 0 Å². The van der Waals surface area contributed by atoms with Crippen molar-refractivity contribution in [3.05, 3.63) is 46.2 Å². The number of ketones is 2. The Morgan fingerprint density at radius 3 is 2.50 bits per heavy atom. The number of hydrogen-bond acceptors (Lipinski definition) is 4. The number of benzene rings is 1. The molecule has 2 aliphatic carbocycles. The minimum Gasteiger partial charge on any atom is -0.466 e. The maximum Gasteiger partial charge on any atom is 0.218 e. The number of hydrogen-bond donors (Lipinski definition) is 1. The lowest BCUT2D eigenvalue weighted by atomic mass is 9.58. The molecule has 1 fully saturated rings. The lowest BCUT2D eigenvalue weighted by Gasteiger charge is -2.53. The lowest BCUT2D eigenvalue weighted by molar-refractivity contribution is -0.252. The number of carbonyl (C=O) groups is 2. The summed E-state index contributed by atoms with van der Waals surface area (Å²) < 4.78 is 6.09. The summed E-state index contributed by atoms with van der Waals surface area (Å²) in [6.45, 7) is 7.78. The molecular formula is C23H27ClO4. The van der Waals surface area contributed by atoms with Crippen LogP contribution < -0.4 is 0 Å². The first kappa shape index (κ1) is 19.7. The number of aliphatic hydroxyl groups is 1. The lowest BCUT2D eigenvalue weighted by Crippen LogP contribution is -2.58. The minimum atomic E-state index is -1.62. The molecule has 0 radical (unpaired) electrons. The highest BCUT2D eigenvalue weighted by atomic mass is 35.5. The summed E-state index contributed by atoms with van der Waals surface area (Å²) in [7, 11) is 0. The predicted molar refractivity (Wildman–Crippen MR) is 107 cm³/mol. The van der Waals surface area contributed by atoms with Gasteiger partial charge in [-0.3, -0.25) is 9.59 Å². The van der Waals surface area contributed by atoms with Crippen molar-refractivity contribution in [1.29, 1.82) is 0 Å². The second-order valence-electron chi connectivity index (χ2n) is 9.96. The van der Waals surface area contributed by atoms with Gasteiger partial charge in [0.25, 0.3) is 0 Å². The number of rotatable bonds is 1. The van der Waals surface area contributed by atoms with Crippen molar-refractivity contribution in [2.75, 3.05) is 0 Å². The van der Waals surface area contributed by atoms with Gasteiger partial charge in [0.1, 0.15) is 11.5 Å². The van der Waals surface area contributed by atoms with E-state index >= 15 is 0 Å². The van der Waals surface area contributed by atoms with Crippen LogP contribution >= 0.6 is 11.6 Å². The van der Waals surface area contributed by atoms with E-state index in [9.17, 15) is 14.7 Å². The molecule has 150 valence electrons. The fourth-order valence-corrected chi connectivity index (χ4v) is 5.52. The summed E-state index contributed by atoms with van der Waals surface area (Å²) in [6.07, 6.45) is 1.90. The summed E-state index contributed by atoms with van der Waals surface area (Å²) in [5, 5.41) is 12.0. The number of carbonyl (C=O) groups excluding carboxylic acids is 2. The molecule has 1 heterocycles. The van der Waals surface area contributed by atoms with Crippen LogP contribution in [0.4, 0.5) is 0 Å². The Hall–Kier alpha value is -1.65. The van der Waals surface area contributed by atoms with E-state index in [1.165, 1.54) is 0 Å². The van der Waals surface area contributed by atoms with Crippen LogP contribution in [0.2, 0.25) is 5.02 Å². The van der Waals surface area contributed by atoms with E-state index in [-0.39, 0.29) is 17.0 Å². The van der Waals surface area contributed by atoms with Crippen LogP contribution in [-0.2, 0) is 14.3 Å². The zero-order valence-electron chi connectivity index (χ0n) is 16.8. The maximum atomic E-state index is 13.4. The Balaban J connectivity index is 1.96. The smallest absolute Gasteiger partial charge is 0.218 e. The van der Waals surface area contributed by atoms with Crippen LogP contribution in [0.25, 0.3) is 0 Å². The molecule has 3 unspecified atom stereocenters. The summed E-state index contributed by atoms with van der Waals surface area (Å²) in [6, 6.07) is 7.29. The summed E-state index contributed by atoms with van der Waals surface area (Å²) in [5.74, 6) is -2.61. The van der Waals surface area contributed by atoms with Crippen LogP contribution in [0.3, 0.4) is 0 Å². The topological polar surface area (TPSA) is 63.6 Å². The van der Waals surface area contributed by atoms with E-state index in [1.54, 1.807) is 6.07 Å². The van der Waals surface area contributed by atoms with Crippen molar-refractivity contribution >= 4 is 23.2 Å². The largest absolute Gasteiger partial charge is 0.466 e. The molecule has 1 aliphatic heterocycles. The Kier molecular flexibility index (Phi) is 4.33. The third-order valence-corrected chi connectivity index (χ3v) is 6.88. The number of ether oxygens (including phenoxy) is 1. The van der Waals surface area contributed by atoms with Gasteiger partial charge < -0.3 is 9.84 Å². The molecule has 1 aromatic carbocycles. The molecule has 1 aromatic rings. The molecule has 3 aliphatic rings. The van der Waals surface area contributed by atoms with Crippen LogP contribution in [-0.4, -0.2) is 22.5 Å². The fourth-order valence-electron chi connectivity index (χ4n) is 5.27. The molecule has 1 saturated carbocycles. The number of halogens is 1. The van der Waals surface area contributed by atoms with Gasteiger partial charge in [-0.25, -0.2) is 0 Å². The molecule has 0 amide bonds. The van der Waals surface area contributed by atoms with Gasteiger partial charge in [0.15, 0.2) is 5.78 Å². The number of allylic oxidation sites excluding steroid dienone is 2. The first-order chi connectivity index (χ1) is 13.0.